The van der Waals surface area contributed by atoms with Gasteiger partial charge in [-0.15, -0.1) is 0 Å². The van der Waals surface area contributed by atoms with Crippen molar-refractivity contribution in [3.63, 3.8) is 0 Å². The SMILES string of the molecule is COc1cc(/C=C(\C#N)C(=O)NCCc2ccccc2)cc(Cl)c1O. The van der Waals surface area contributed by atoms with Gasteiger partial charge in [0.2, 0.25) is 0 Å². The number of phenolic OH excluding ortho intramolecular Hbond substituents is 1. The summed E-state index contributed by atoms with van der Waals surface area (Å²) in [5.41, 5.74) is 1.52. The quantitative estimate of drug-likeness (QED) is 0.614. The van der Waals surface area contributed by atoms with E-state index < -0.39 is 5.91 Å². The van der Waals surface area contributed by atoms with E-state index in [1.807, 2.05) is 36.4 Å². The van der Waals surface area contributed by atoms with E-state index in [0.29, 0.717) is 18.5 Å². The number of nitrogens with one attached hydrogen (secondary N) is 1. The first-order valence-corrected chi connectivity index (χ1v) is 7.93. The van der Waals surface area contributed by atoms with Crippen molar-refractivity contribution in [2.75, 3.05) is 13.7 Å². The molecule has 0 fully saturated rings. The molecular weight excluding hydrogens is 340 g/mol. The van der Waals surface area contributed by atoms with E-state index in [0.717, 1.165) is 5.56 Å². The second-order valence-electron chi connectivity index (χ2n) is 5.21. The average molecular weight is 357 g/mol. The third kappa shape index (κ3) is 5.00. The third-order valence-corrected chi connectivity index (χ3v) is 3.78. The molecule has 0 aromatic heterocycles. The van der Waals surface area contributed by atoms with Crippen LogP contribution in [-0.4, -0.2) is 24.7 Å². The highest BCUT2D eigenvalue weighted by molar-refractivity contribution is 6.32. The number of halogens is 1. The summed E-state index contributed by atoms with van der Waals surface area (Å²) in [4.78, 5) is 12.2. The number of carbonyl (C=O) groups is 1. The Morgan fingerprint density at radius 2 is 2.08 bits per heavy atom. The minimum atomic E-state index is -0.471. The van der Waals surface area contributed by atoms with Crippen molar-refractivity contribution in [3.05, 3.63) is 64.2 Å². The monoisotopic (exact) mass is 356 g/mol. The van der Waals surface area contributed by atoms with Gasteiger partial charge in [-0.3, -0.25) is 4.79 Å². The van der Waals surface area contributed by atoms with E-state index in [9.17, 15) is 15.2 Å². The van der Waals surface area contributed by atoms with E-state index in [4.69, 9.17) is 16.3 Å². The van der Waals surface area contributed by atoms with E-state index >= 15 is 0 Å². The standard InChI is InChI=1S/C19H17ClN2O3/c1-25-17-11-14(10-16(20)18(17)23)9-15(12-21)19(24)22-8-7-13-5-3-2-4-6-13/h2-6,9-11,23H,7-8H2,1H3,(H,22,24)/b15-9+. The maximum absolute atomic E-state index is 12.2. The van der Waals surface area contributed by atoms with Crippen molar-refractivity contribution in [1.82, 2.24) is 5.32 Å². The molecule has 0 unspecified atom stereocenters. The van der Waals surface area contributed by atoms with Gasteiger partial charge in [0.25, 0.3) is 5.91 Å². The summed E-state index contributed by atoms with van der Waals surface area (Å²) in [5.74, 6) is -0.491. The van der Waals surface area contributed by atoms with E-state index in [2.05, 4.69) is 5.32 Å². The number of amides is 1. The van der Waals surface area contributed by atoms with Crippen LogP contribution in [0.15, 0.2) is 48.0 Å². The predicted octanol–water partition coefficient (Wildman–Crippen LogP) is 3.32. The Morgan fingerprint density at radius 3 is 2.72 bits per heavy atom. The van der Waals surface area contributed by atoms with Crippen molar-refractivity contribution < 1.29 is 14.6 Å². The summed E-state index contributed by atoms with van der Waals surface area (Å²) in [6, 6.07) is 14.5. The van der Waals surface area contributed by atoms with Gasteiger partial charge in [-0.25, -0.2) is 0 Å². The highest BCUT2D eigenvalue weighted by Gasteiger charge is 2.12. The Labute approximate surface area is 151 Å². The van der Waals surface area contributed by atoms with Crippen LogP contribution in [0.4, 0.5) is 0 Å². The molecular formula is C19H17ClN2O3. The number of ether oxygens (including phenoxy) is 1. The van der Waals surface area contributed by atoms with Gasteiger partial charge in [0.1, 0.15) is 11.6 Å². The summed E-state index contributed by atoms with van der Waals surface area (Å²) in [6.07, 6.45) is 2.07. The van der Waals surface area contributed by atoms with Crippen LogP contribution in [0.3, 0.4) is 0 Å². The smallest absolute Gasteiger partial charge is 0.261 e. The number of hydrogen-bond acceptors (Lipinski definition) is 4. The van der Waals surface area contributed by atoms with Crippen molar-refractivity contribution in [1.29, 1.82) is 5.26 Å². The Morgan fingerprint density at radius 1 is 1.36 bits per heavy atom. The van der Waals surface area contributed by atoms with Crippen LogP contribution in [-0.2, 0) is 11.2 Å². The largest absolute Gasteiger partial charge is 0.503 e. The summed E-state index contributed by atoms with van der Waals surface area (Å²) < 4.78 is 5.01. The summed E-state index contributed by atoms with van der Waals surface area (Å²) in [5, 5.41) is 21.7. The minimum Gasteiger partial charge on any atom is -0.503 e. The fourth-order valence-corrected chi connectivity index (χ4v) is 2.43. The zero-order valence-corrected chi connectivity index (χ0v) is 14.4. The van der Waals surface area contributed by atoms with Gasteiger partial charge in [-0.05, 0) is 35.8 Å². The molecule has 25 heavy (non-hydrogen) atoms. The van der Waals surface area contributed by atoms with Crippen molar-refractivity contribution in [3.8, 4) is 17.6 Å². The molecule has 0 aliphatic carbocycles. The molecule has 5 nitrogen and oxygen atoms in total. The number of benzene rings is 2. The predicted molar refractivity (Wildman–Crippen MR) is 96.4 cm³/mol. The molecule has 0 spiro atoms. The second-order valence-corrected chi connectivity index (χ2v) is 5.62. The van der Waals surface area contributed by atoms with Crippen LogP contribution in [0, 0.1) is 11.3 Å². The van der Waals surface area contributed by atoms with Gasteiger partial charge < -0.3 is 15.2 Å². The Bertz CT molecular complexity index is 827. The Balaban J connectivity index is 2.08. The van der Waals surface area contributed by atoms with Crippen LogP contribution in [0.1, 0.15) is 11.1 Å². The normalized spacial score (nSPS) is 10.8. The summed E-state index contributed by atoms with van der Waals surface area (Å²) in [6.45, 7) is 0.418. The van der Waals surface area contributed by atoms with Crippen LogP contribution >= 0.6 is 11.6 Å². The third-order valence-electron chi connectivity index (χ3n) is 3.49. The van der Waals surface area contributed by atoms with Crippen LogP contribution in [0.2, 0.25) is 5.02 Å². The first-order valence-electron chi connectivity index (χ1n) is 7.55. The van der Waals surface area contributed by atoms with Gasteiger partial charge in [-0.1, -0.05) is 41.9 Å². The summed E-state index contributed by atoms with van der Waals surface area (Å²) >= 11 is 5.91. The summed E-state index contributed by atoms with van der Waals surface area (Å²) in [7, 11) is 1.39. The molecule has 0 atom stereocenters. The highest BCUT2D eigenvalue weighted by Crippen LogP contribution is 2.35. The zero-order valence-electron chi connectivity index (χ0n) is 13.6. The first-order chi connectivity index (χ1) is 12.0. The van der Waals surface area contributed by atoms with Gasteiger partial charge >= 0.3 is 0 Å². The molecule has 1 amide bonds. The topological polar surface area (TPSA) is 82.3 Å². The molecule has 0 aliphatic heterocycles. The molecule has 0 radical (unpaired) electrons. The van der Waals surface area contributed by atoms with Crippen LogP contribution in [0.25, 0.3) is 6.08 Å². The molecule has 128 valence electrons. The first kappa shape index (κ1) is 18.4. The number of hydrogen-bond donors (Lipinski definition) is 2. The second kappa shape index (κ2) is 8.76. The highest BCUT2D eigenvalue weighted by atomic mass is 35.5. The van der Waals surface area contributed by atoms with E-state index in [1.54, 1.807) is 0 Å². The van der Waals surface area contributed by atoms with Gasteiger partial charge in [0, 0.05) is 6.54 Å². The molecule has 0 bridgehead atoms. The molecule has 2 rings (SSSR count). The zero-order chi connectivity index (χ0) is 18.2. The Kier molecular flexibility index (Phi) is 6.44. The lowest BCUT2D eigenvalue weighted by molar-refractivity contribution is -0.117. The molecule has 0 heterocycles. The molecule has 6 heteroatoms. The number of aromatic hydroxyl groups is 1. The molecule has 0 aliphatic rings. The number of phenols is 1. The van der Waals surface area contributed by atoms with Crippen LogP contribution in [0.5, 0.6) is 11.5 Å². The minimum absolute atomic E-state index is 0.0585. The maximum Gasteiger partial charge on any atom is 0.261 e. The van der Waals surface area contributed by atoms with Gasteiger partial charge in [0.15, 0.2) is 11.5 Å². The van der Waals surface area contributed by atoms with E-state index in [1.165, 1.54) is 25.3 Å². The molecule has 0 saturated heterocycles. The fraction of sp³-hybridized carbons (Fsp3) is 0.158. The Hall–Kier alpha value is -2.97. The number of methoxy groups -OCH3 is 1. The lowest BCUT2D eigenvalue weighted by Gasteiger charge is -2.07. The number of carbonyl (C=O) groups excluding carboxylic acids is 1. The van der Waals surface area contributed by atoms with Crippen molar-refractivity contribution in [2.24, 2.45) is 0 Å². The number of nitrogens with zero attached hydrogens (tertiary/aromatic N) is 1. The number of rotatable bonds is 6. The van der Waals surface area contributed by atoms with Crippen molar-refractivity contribution >= 4 is 23.6 Å². The molecule has 2 aromatic rings. The lowest BCUT2D eigenvalue weighted by atomic mass is 10.1. The lowest BCUT2D eigenvalue weighted by Crippen LogP contribution is -2.26. The maximum atomic E-state index is 12.2. The molecule has 0 saturated carbocycles. The van der Waals surface area contributed by atoms with Gasteiger partial charge in [-0.2, -0.15) is 5.26 Å². The average Bonchev–Trinajstić information content (AvgIpc) is 2.63. The molecule has 2 aromatic carbocycles. The van der Waals surface area contributed by atoms with Crippen molar-refractivity contribution in [2.45, 2.75) is 6.42 Å². The molecule has 2 N–H and O–H groups in total. The van der Waals surface area contributed by atoms with E-state index in [-0.39, 0.29) is 22.1 Å². The fourth-order valence-electron chi connectivity index (χ4n) is 2.21. The van der Waals surface area contributed by atoms with Crippen LogP contribution < -0.4 is 10.1 Å². The number of nitriles is 1. The van der Waals surface area contributed by atoms with Gasteiger partial charge in [0.05, 0.1) is 12.1 Å².